The van der Waals surface area contributed by atoms with Gasteiger partial charge in [0.1, 0.15) is 5.69 Å². The van der Waals surface area contributed by atoms with Gasteiger partial charge in [-0.2, -0.15) is 0 Å². The minimum Gasteiger partial charge on any atom is -0.339 e. The Morgan fingerprint density at radius 2 is 2.00 bits per heavy atom. The van der Waals surface area contributed by atoms with Crippen molar-refractivity contribution < 1.29 is 9.59 Å². The average Bonchev–Trinajstić information content (AvgIpc) is 3.45. The lowest BCUT2D eigenvalue weighted by Gasteiger charge is -2.09. The predicted molar refractivity (Wildman–Crippen MR) is 108 cm³/mol. The number of rotatable bonds is 6. The van der Waals surface area contributed by atoms with Gasteiger partial charge in [-0.1, -0.05) is 24.2 Å². The highest BCUT2D eigenvalue weighted by atomic mass is 32.2. The Kier molecular flexibility index (Phi) is 5.68. The molecule has 0 spiro atoms. The second kappa shape index (κ2) is 8.53. The molecule has 3 aromatic rings. The number of aromatic amines is 1. The fraction of sp³-hybridized carbons (Fsp3) is 0.278. The minimum absolute atomic E-state index is 0.0528. The number of amides is 2. The molecule has 0 radical (unpaired) electrons. The first-order valence-corrected chi connectivity index (χ1v) is 10.5. The largest absolute Gasteiger partial charge is 0.339 e. The number of imidazole rings is 1. The number of anilines is 2. The van der Waals surface area contributed by atoms with Gasteiger partial charge in [0.25, 0.3) is 0 Å². The minimum atomic E-state index is -0.422. The van der Waals surface area contributed by atoms with Crippen LogP contribution in [-0.4, -0.2) is 31.8 Å². The molecule has 0 aliphatic heterocycles. The number of nitrogens with zero attached hydrogens (tertiary/aromatic N) is 3. The number of carbonyl (C=O) groups excluding carboxylic acids is 2. The third-order valence-electron chi connectivity index (χ3n) is 4.37. The highest BCUT2D eigenvalue weighted by molar-refractivity contribution is 8.01. The monoisotopic (exact) mass is 414 g/mol. The van der Waals surface area contributed by atoms with Crippen LogP contribution < -0.4 is 10.6 Å². The Labute approximate surface area is 169 Å². The van der Waals surface area contributed by atoms with Gasteiger partial charge in [-0.15, -0.1) is 0 Å². The fourth-order valence-corrected chi connectivity index (χ4v) is 4.79. The van der Waals surface area contributed by atoms with E-state index in [9.17, 15) is 9.59 Å². The molecule has 0 bridgehead atoms. The van der Waals surface area contributed by atoms with Crippen LogP contribution in [0.2, 0.25) is 0 Å². The maximum absolute atomic E-state index is 12.5. The molecule has 0 aromatic carbocycles. The van der Waals surface area contributed by atoms with Crippen LogP contribution >= 0.6 is 23.1 Å². The molecule has 10 heteroatoms. The van der Waals surface area contributed by atoms with Gasteiger partial charge >= 0.3 is 6.03 Å². The fourth-order valence-electron chi connectivity index (χ4n) is 3.07. The number of nitrogens with one attached hydrogen (secondary N) is 3. The van der Waals surface area contributed by atoms with E-state index in [4.69, 9.17) is 0 Å². The molecular weight excluding hydrogens is 396 g/mol. The summed E-state index contributed by atoms with van der Waals surface area (Å²) in [5.41, 5.74) is 0.923. The maximum Gasteiger partial charge on any atom is 0.325 e. The molecular formula is C18H18N6O2S2. The molecule has 1 saturated carbocycles. The molecule has 144 valence electrons. The van der Waals surface area contributed by atoms with Gasteiger partial charge < -0.3 is 10.3 Å². The van der Waals surface area contributed by atoms with Crippen molar-refractivity contribution in [1.82, 2.24) is 19.9 Å². The molecule has 3 aromatic heterocycles. The standard InChI is InChI=1S/C18H18N6O2S2/c25-15(11-3-1-2-4-11)13-9-12(5-6-19-13)23-16(26)24-18-22-10-14(28-18)27-17-20-7-8-21-17/h5-11H,1-4H2,(H,20,21)(H2,19,22,23,24,26). The third kappa shape index (κ3) is 4.57. The van der Waals surface area contributed by atoms with Crippen LogP contribution in [0.15, 0.2) is 46.3 Å². The second-order valence-electron chi connectivity index (χ2n) is 6.34. The van der Waals surface area contributed by atoms with Crippen molar-refractivity contribution in [2.24, 2.45) is 5.92 Å². The van der Waals surface area contributed by atoms with Gasteiger partial charge in [0.2, 0.25) is 0 Å². The Bertz CT molecular complexity index is 966. The smallest absolute Gasteiger partial charge is 0.325 e. The van der Waals surface area contributed by atoms with Crippen molar-refractivity contribution in [1.29, 1.82) is 0 Å². The van der Waals surface area contributed by atoms with Crippen molar-refractivity contribution in [3.8, 4) is 0 Å². The first kappa shape index (κ1) is 18.6. The van der Waals surface area contributed by atoms with E-state index in [0.29, 0.717) is 16.5 Å². The van der Waals surface area contributed by atoms with Gasteiger partial charge in [-0.3, -0.25) is 15.1 Å². The Morgan fingerprint density at radius 3 is 2.79 bits per heavy atom. The molecule has 1 aliphatic rings. The molecule has 4 rings (SSSR count). The first-order chi connectivity index (χ1) is 13.7. The van der Waals surface area contributed by atoms with Crippen molar-refractivity contribution in [2.45, 2.75) is 35.0 Å². The zero-order valence-corrected chi connectivity index (χ0v) is 16.5. The summed E-state index contributed by atoms with van der Waals surface area (Å²) < 4.78 is 0.901. The summed E-state index contributed by atoms with van der Waals surface area (Å²) >= 11 is 2.78. The van der Waals surface area contributed by atoms with E-state index < -0.39 is 6.03 Å². The molecule has 0 unspecified atom stereocenters. The van der Waals surface area contributed by atoms with E-state index in [-0.39, 0.29) is 11.7 Å². The number of Topliss-reactive ketones (excluding diaryl/α,β-unsaturated/α-hetero) is 1. The van der Waals surface area contributed by atoms with E-state index in [1.165, 1.54) is 23.1 Å². The van der Waals surface area contributed by atoms with Crippen molar-refractivity contribution in [2.75, 3.05) is 10.6 Å². The number of H-pyrrole nitrogens is 1. The van der Waals surface area contributed by atoms with Crippen LogP contribution in [0.1, 0.15) is 36.2 Å². The highest BCUT2D eigenvalue weighted by Gasteiger charge is 2.24. The highest BCUT2D eigenvalue weighted by Crippen LogP contribution is 2.32. The van der Waals surface area contributed by atoms with E-state index in [2.05, 4.69) is 30.6 Å². The third-order valence-corrected chi connectivity index (χ3v) is 6.30. The molecule has 1 fully saturated rings. The molecule has 2 amide bonds. The maximum atomic E-state index is 12.5. The Hall–Kier alpha value is -2.72. The van der Waals surface area contributed by atoms with Crippen molar-refractivity contribution >= 4 is 45.7 Å². The lowest BCUT2D eigenvalue weighted by Crippen LogP contribution is -2.20. The topological polar surface area (TPSA) is 113 Å². The summed E-state index contributed by atoms with van der Waals surface area (Å²) in [6.45, 7) is 0. The van der Waals surface area contributed by atoms with Crippen LogP contribution in [-0.2, 0) is 0 Å². The zero-order valence-electron chi connectivity index (χ0n) is 14.8. The molecule has 28 heavy (non-hydrogen) atoms. The molecule has 3 heterocycles. The van der Waals surface area contributed by atoms with E-state index >= 15 is 0 Å². The van der Waals surface area contributed by atoms with Crippen LogP contribution in [0.3, 0.4) is 0 Å². The number of thiazole rings is 1. The summed E-state index contributed by atoms with van der Waals surface area (Å²) in [7, 11) is 0. The second-order valence-corrected chi connectivity index (χ2v) is 8.66. The Morgan fingerprint density at radius 1 is 1.14 bits per heavy atom. The van der Waals surface area contributed by atoms with Gasteiger partial charge in [0.05, 0.1) is 10.4 Å². The molecule has 0 saturated heterocycles. The van der Waals surface area contributed by atoms with Gasteiger partial charge in [-0.25, -0.2) is 14.8 Å². The number of hydrogen-bond acceptors (Lipinski definition) is 7. The molecule has 1 aliphatic carbocycles. The lowest BCUT2D eigenvalue weighted by molar-refractivity contribution is 0.0917. The quantitative estimate of drug-likeness (QED) is 0.514. The normalized spacial score (nSPS) is 14.1. The number of pyridine rings is 1. The van der Waals surface area contributed by atoms with E-state index in [1.807, 2.05) is 0 Å². The summed E-state index contributed by atoms with van der Waals surface area (Å²) in [5.74, 6) is 0.109. The number of aromatic nitrogens is 4. The van der Waals surface area contributed by atoms with Crippen molar-refractivity contribution in [3.63, 3.8) is 0 Å². The van der Waals surface area contributed by atoms with Crippen LogP contribution in [0.25, 0.3) is 0 Å². The Balaban J connectivity index is 1.35. The predicted octanol–water partition coefficient (Wildman–Crippen LogP) is 4.43. The van der Waals surface area contributed by atoms with E-state index in [0.717, 1.165) is 35.0 Å². The van der Waals surface area contributed by atoms with Crippen LogP contribution in [0.5, 0.6) is 0 Å². The van der Waals surface area contributed by atoms with Gasteiger partial charge in [0.15, 0.2) is 16.1 Å². The average molecular weight is 415 g/mol. The first-order valence-electron chi connectivity index (χ1n) is 8.89. The van der Waals surface area contributed by atoms with E-state index in [1.54, 1.807) is 36.9 Å². The number of hydrogen-bond donors (Lipinski definition) is 3. The van der Waals surface area contributed by atoms with Crippen LogP contribution in [0.4, 0.5) is 15.6 Å². The molecule has 0 atom stereocenters. The summed E-state index contributed by atoms with van der Waals surface area (Å²) in [6, 6.07) is 2.86. The summed E-state index contributed by atoms with van der Waals surface area (Å²) in [6.07, 6.45) is 10.7. The number of ketones is 1. The zero-order chi connectivity index (χ0) is 19.3. The number of carbonyl (C=O) groups is 2. The lowest BCUT2D eigenvalue weighted by atomic mass is 9.99. The van der Waals surface area contributed by atoms with Crippen molar-refractivity contribution in [3.05, 3.63) is 42.6 Å². The summed E-state index contributed by atoms with van der Waals surface area (Å²) in [5, 5.41) is 6.67. The van der Waals surface area contributed by atoms with Gasteiger partial charge in [-0.05, 0) is 36.7 Å². The van der Waals surface area contributed by atoms with Gasteiger partial charge in [0, 0.05) is 30.2 Å². The molecule has 8 nitrogen and oxygen atoms in total. The number of urea groups is 1. The SMILES string of the molecule is O=C(Nc1ccnc(C(=O)C2CCCC2)c1)Nc1ncc(Sc2ncc[nH]2)s1. The molecule has 3 N–H and O–H groups in total. The van der Waals surface area contributed by atoms with Crippen LogP contribution in [0, 0.1) is 5.92 Å². The summed E-state index contributed by atoms with van der Waals surface area (Å²) in [4.78, 5) is 40.3.